The number of aromatic nitrogens is 3. The zero-order valence-electron chi connectivity index (χ0n) is 12.1. The van der Waals surface area contributed by atoms with Gasteiger partial charge in [-0.25, -0.2) is 0 Å². The SMILES string of the molecule is Cc1cc(=O)c(-c2nnc(CCNCC(C)C)s2)c[nH]1. The minimum Gasteiger partial charge on any atom is -0.364 e. The molecule has 0 unspecified atom stereocenters. The van der Waals surface area contributed by atoms with Gasteiger partial charge in [-0.3, -0.25) is 4.79 Å². The molecule has 0 atom stereocenters. The summed E-state index contributed by atoms with van der Waals surface area (Å²) in [7, 11) is 0. The van der Waals surface area contributed by atoms with Crippen LogP contribution in [0.1, 0.15) is 24.5 Å². The lowest BCUT2D eigenvalue weighted by atomic mass is 10.2. The van der Waals surface area contributed by atoms with Crippen LogP contribution in [0.15, 0.2) is 17.1 Å². The highest BCUT2D eigenvalue weighted by Gasteiger charge is 2.10. The molecule has 2 heterocycles. The van der Waals surface area contributed by atoms with Crippen LogP contribution in [0.2, 0.25) is 0 Å². The highest BCUT2D eigenvalue weighted by atomic mass is 32.1. The van der Waals surface area contributed by atoms with Crippen LogP contribution in [-0.4, -0.2) is 28.3 Å². The normalized spacial score (nSPS) is 11.2. The van der Waals surface area contributed by atoms with Crippen molar-refractivity contribution >= 4 is 11.3 Å². The lowest BCUT2D eigenvalue weighted by Gasteiger charge is -2.05. The van der Waals surface area contributed by atoms with E-state index < -0.39 is 0 Å². The van der Waals surface area contributed by atoms with E-state index in [9.17, 15) is 4.79 Å². The van der Waals surface area contributed by atoms with Gasteiger partial charge in [0.2, 0.25) is 0 Å². The van der Waals surface area contributed by atoms with Crippen LogP contribution in [0, 0.1) is 12.8 Å². The highest BCUT2D eigenvalue weighted by Crippen LogP contribution is 2.20. The van der Waals surface area contributed by atoms with Crippen molar-refractivity contribution in [1.82, 2.24) is 20.5 Å². The number of aryl methyl sites for hydroxylation is 1. The van der Waals surface area contributed by atoms with Crippen molar-refractivity contribution in [2.75, 3.05) is 13.1 Å². The van der Waals surface area contributed by atoms with Crippen LogP contribution >= 0.6 is 11.3 Å². The molecule has 0 aliphatic rings. The molecule has 0 aliphatic carbocycles. The smallest absolute Gasteiger partial charge is 0.192 e. The fraction of sp³-hybridized carbons (Fsp3) is 0.500. The summed E-state index contributed by atoms with van der Waals surface area (Å²) < 4.78 is 0. The number of aromatic amines is 1. The fourth-order valence-electron chi connectivity index (χ4n) is 1.79. The van der Waals surface area contributed by atoms with E-state index in [0.717, 1.165) is 30.2 Å². The van der Waals surface area contributed by atoms with Crippen LogP contribution < -0.4 is 10.7 Å². The molecule has 2 rings (SSSR count). The first-order valence-electron chi connectivity index (χ1n) is 6.79. The number of hydrogen-bond donors (Lipinski definition) is 2. The van der Waals surface area contributed by atoms with Crippen molar-refractivity contribution in [2.45, 2.75) is 27.2 Å². The number of nitrogens with one attached hydrogen (secondary N) is 2. The Labute approximate surface area is 122 Å². The number of pyridine rings is 1. The van der Waals surface area contributed by atoms with Crippen LogP contribution in [0.4, 0.5) is 0 Å². The second kappa shape index (κ2) is 6.76. The monoisotopic (exact) mass is 292 g/mol. The summed E-state index contributed by atoms with van der Waals surface area (Å²) in [6.07, 6.45) is 2.55. The van der Waals surface area contributed by atoms with Gasteiger partial charge in [-0.2, -0.15) is 0 Å². The van der Waals surface area contributed by atoms with Gasteiger partial charge in [0, 0.05) is 30.9 Å². The highest BCUT2D eigenvalue weighted by molar-refractivity contribution is 7.14. The largest absolute Gasteiger partial charge is 0.364 e. The Hall–Kier alpha value is -1.53. The van der Waals surface area contributed by atoms with E-state index in [1.54, 1.807) is 12.3 Å². The maximum atomic E-state index is 11.9. The molecule has 5 nitrogen and oxygen atoms in total. The van der Waals surface area contributed by atoms with Gasteiger partial charge in [0.05, 0.1) is 5.56 Å². The minimum absolute atomic E-state index is 0.0121. The molecule has 0 spiro atoms. The first-order valence-corrected chi connectivity index (χ1v) is 7.60. The number of nitrogens with zero attached hydrogens (tertiary/aromatic N) is 2. The zero-order valence-corrected chi connectivity index (χ0v) is 12.9. The Balaban J connectivity index is 2.00. The molecule has 0 saturated heterocycles. The average Bonchev–Trinajstić information content (AvgIpc) is 2.83. The Bertz CT molecular complexity index is 618. The van der Waals surface area contributed by atoms with Crippen LogP contribution in [0.3, 0.4) is 0 Å². The molecule has 6 heteroatoms. The van der Waals surface area contributed by atoms with Crippen LogP contribution in [-0.2, 0) is 6.42 Å². The third-order valence-corrected chi connectivity index (χ3v) is 3.84. The molecule has 2 aromatic rings. The molecule has 0 aromatic carbocycles. The second-order valence-electron chi connectivity index (χ2n) is 5.24. The minimum atomic E-state index is -0.0121. The van der Waals surface area contributed by atoms with Crippen molar-refractivity contribution in [3.05, 3.63) is 33.2 Å². The van der Waals surface area contributed by atoms with Gasteiger partial charge in [0.1, 0.15) is 5.01 Å². The van der Waals surface area contributed by atoms with Crippen LogP contribution in [0.25, 0.3) is 10.6 Å². The first kappa shape index (κ1) is 14.9. The molecule has 0 aliphatic heterocycles. The summed E-state index contributed by atoms with van der Waals surface area (Å²) in [5, 5.41) is 13.3. The van der Waals surface area contributed by atoms with E-state index in [1.165, 1.54) is 11.3 Å². The molecule has 2 aromatic heterocycles. The van der Waals surface area contributed by atoms with E-state index in [4.69, 9.17) is 0 Å². The summed E-state index contributed by atoms with van der Waals surface area (Å²) >= 11 is 1.48. The summed E-state index contributed by atoms with van der Waals surface area (Å²) in [5.74, 6) is 0.645. The number of H-pyrrole nitrogens is 1. The van der Waals surface area contributed by atoms with Crippen molar-refractivity contribution in [3.8, 4) is 10.6 Å². The predicted octanol–water partition coefficient (Wildman–Crippen LogP) is 1.99. The molecule has 20 heavy (non-hydrogen) atoms. The summed E-state index contributed by atoms with van der Waals surface area (Å²) in [5.41, 5.74) is 1.43. The molecule has 2 N–H and O–H groups in total. The number of hydrogen-bond acceptors (Lipinski definition) is 5. The Morgan fingerprint density at radius 1 is 1.40 bits per heavy atom. The van der Waals surface area contributed by atoms with Gasteiger partial charge >= 0.3 is 0 Å². The summed E-state index contributed by atoms with van der Waals surface area (Å²) in [6, 6.07) is 1.58. The maximum absolute atomic E-state index is 11.9. The van der Waals surface area contributed by atoms with E-state index >= 15 is 0 Å². The summed E-state index contributed by atoms with van der Waals surface area (Å²) in [4.78, 5) is 14.9. The molecule has 0 saturated carbocycles. The van der Waals surface area contributed by atoms with Gasteiger partial charge < -0.3 is 10.3 Å². The lowest BCUT2D eigenvalue weighted by Crippen LogP contribution is -2.22. The van der Waals surface area contributed by atoms with E-state index in [1.807, 2.05) is 6.92 Å². The Morgan fingerprint density at radius 3 is 2.90 bits per heavy atom. The zero-order chi connectivity index (χ0) is 14.5. The van der Waals surface area contributed by atoms with Crippen molar-refractivity contribution in [3.63, 3.8) is 0 Å². The molecular weight excluding hydrogens is 272 g/mol. The average molecular weight is 292 g/mol. The van der Waals surface area contributed by atoms with Crippen molar-refractivity contribution in [2.24, 2.45) is 5.92 Å². The Morgan fingerprint density at radius 2 is 2.20 bits per heavy atom. The van der Waals surface area contributed by atoms with Gasteiger partial charge in [-0.1, -0.05) is 25.2 Å². The quantitative estimate of drug-likeness (QED) is 0.799. The molecule has 0 bridgehead atoms. The lowest BCUT2D eigenvalue weighted by molar-refractivity contribution is 0.553. The molecule has 0 amide bonds. The van der Waals surface area contributed by atoms with Crippen molar-refractivity contribution in [1.29, 1.82) is 0 Å². The fourth-order valence-corrected chi connectivity index (χ4v) is 2.65. The predicted molar refractivity (Wildman–Crippen MR) is 82.1 cm³/mol. The Kier molecular flexibility index (Phi) is 5.03. The standard InChI is InChI=1S/C14H20N4OS/c1-9(2)7-15-5-4-13-17-18-14(20-13)11-8-16-10(3)6-12(11)19/h6,8-9,15H,4-5,7H2,1-3H3,(H,16,19). The van der Waals surface area contributed by atoms with E-state index in [2.05, 4.69) is 34.3 Å². The number of rotatable bonds is 6. The first-order chi connectivity index (χ1) is 9.56. The molecule has 108 valence electrons. The van der Waals surface area contributed by atoms with E-state index in [-0.39, 0.29) is 5.43 Å². The third-order valence-electron chi connectivity index (χ3n) is 2.82. The van der Waals surface area contributed by atoms with Gasteiger partial charge in [0.15, 0.2) is 10.4 Å². The van der Waals surface area contributed by atoms with Gasteiger partial charge in [0.25, 0.3) is 0 Å². The maximum Gasteiger partial charge on any atom is 0.192 e. The summed E-state index contributed by atoms with van der Waals surface area (Å²) in [6.45, 7) is 8.11. The molecule has 0 radical (unpaired) electrons. The molecular formula is C14H20N4OS. The van der Waals surface area contributed by atoms with Crippen molar-refractivity contribution < 1.29 is 0 Å². The van der Waals surface area contributed by atoms with Gasteiger partial charge in [-0.05, 0) is 19.4 Å². The van der Waals surface area contributed by atoms with E-state index in [0.29, 0.717) is 16.5 Å². The third kappa shape index (κ3) is 3.98. The van der Waals surface area contributed by atoms with Gasteiger partial charge in [-0.15, -0.1) is 10.2 Å². The topological polar surface area (TPSA) is 70.7 Å². The molecule has 0 fully saturated rings. The second-order valence-corrected chi connectivity index (χ2v) is 6.30. The van der Waals surface area contributed by atoms with Crippen LogP contribution in [0.5, 0.6) is 0 Å².